The van der Waals surface area contributed by atoms with Crippen molar-refractivity contribution in [1.82, 2.24) is 10.3 Å². The summed E-state index contributed by atoms with van der Waals surface area (Å²) in [7, 11) is 1.76. The molecule has 0 saturated heterocycles. The van der Waals surface area contributed by atoms with E-state index in [2.05, 4.69) is 16.4 Å². The highest BCUT2D eigenvalue weighted by Gasteiger charge is 2.05. The van der Waals surface area contributed by atoms with Crippen molar-refractivity contribution in [1.29, 1.82) is 5.26 Å². The second-order valence-corrected chi connectivity index (χ2v) is 1.98. The number of nitriles is 1. The van der Waals surface area contributed by atoms with Gasteiger partial charge in [-0.15, -0.1) is 0 Å². The smallest absolute Gasteiger partial charge is 0.135 e. The Morgan fingerprint density at radius 3 is 3.00 bits per heavy atom. The molecule has 52 valence electrons. The summed E-state index contributed by atoms with van der Waals surface area (Å²) in [6.07, 6.45) is 1.80. The highest BCUT2D eigenvalue weighted by Crippen LogP contribution is 2.06. The Kier molecular flexibility index (Phi) is 2.08. The number of H-pyrrole nitrogens is 1. The largest absolute Gasteiger partial charge is 0.363 e. The predicted octanol–water partition coefficient (Wildman–Crippen LogP) is 0.799. The van der Waals surface area contributed by atoms with Gasteiger partial charge >= 0.3 is 0 Å². The van der Waals surface area contributed by atoms with E-state index < -0.39 is 0 Å². The van der Waals surface area contributed by atoms with Crippen molar-refractivity contribution in [2.24, 2.45) is 0 Å². The van der Waals surface area contributed by atoms with Crippen LogP contribution in [-0.4, -0.2) is 12.0 Å². The Morgan fingerprint density at radius 1 is 1.80 bits per heavy atom. The van der Waals surface area contributed by atoms with Crippen LogP contribution >= 0.6 is 0 Å². The average molecular weight is 135 g/mol. The summed E-state index contributed by atoms with van der Waals surface area (Å²) in [5.74, 6) is 0. The van der Waals surface area contributed by atoms with Gasteiger partial charge in [-0.25, -0.2) is 0 Å². The fourth-order valence-corrected chi connectivity index (χ4v) is 0.813. The van der Waals surface area contributed by atoms with Crippen molar-refractivity contribution in [2.45, 2.75) is 6.04 Å². The highest BCUT2D eigenvalue weighted by atomic mass is 14.9. The quantitative estimate of drug-likeness (QED) is 0.630. The van der Waals surface area contributed by atoms with Crippen molar-refractivity contribution in [3.63, 3.8) is 0 Å². The van der Waals surface area contributed by atoms with Gasteiger partial charge in [-0.3, -0.25) is 0 Å². The average Bonchev–Trinajstić information content (AvgIpc) is 2.43. The summed E-state index contributed by atoms with van der Waals surface area (Å²) in [5, 5.41) is 11.4. The zero-order valence-electron chi connectivity index (χ0n) is 5.76. The summed E-state index contributed by atoms with van der Waals surface area (Å²) in [6.45, 7) is 0. The number of hydrogen-bond donors (Lipinski definition) is 2. The minimum atomic E-state index is -0.213. The maximum atomic E-state index is 8.57. The van der Waals surface area contributed by atoms with Crippen LogP contribution in [0, 0.1) is 11.3 Å². The lowest BCUT2D eigenvalue weighted by atomic mass is 10.2. The van der Waals surface area contributed by atoms with E-state index in [0.29, 0.717) is 0 Å². The second-order valence-electron chi connectivity index (χ2n) is 1.98. The van der Waals surface area contributed by atoms with E-state index in [1.54, 1.807) is 13.2 Å². The number of nitrogens with zero attached hydrogens (tertiary/aromatic N) is 1. The van der Waals surface area contributed by atoms with E-state index in [4.69, 9.17) is 5.26 Å². The molecule has 0 aromatic carbocycles. The van der Waals surface area contributed by atoms with Crippen LogP contribution < -0.4 is 5.32 Å². The molecule has 0 aliphatic heterocycles. The molecule has 1 rings (SSSR count). The molecule has 1 heterocycles. The van der Waals surface area contributed by atoms with Gasteiger partial charge in [-0.2, -0.15) is 5.26 Å². The van der Waals surface area contributed by atoms with Crippen molar-refractivity contribution >= 4 is 0 Å². The van der Waals surface area contributed by atoms with Crippen LogP contribution in [0.1, 0.15) is 11.7 Å². The number of aromatic amines is 1. The summed E-state index contributed by atoms with van der Waals surface area (Å²) < 4.78 is 0. The zero-order chi connectivity index (χ0) is 7.40. The second kappa shape index (κ2) is 3.04. The van der Waals surface area contributed by atoms with Gasteiger partial charge in [0.15, 0.2) is 0 Å². The molecule has 0 radical (unpaired) electrons. The molecule has 0 amide bonds. The van der Waals surface area contributed by atoms with Gasteiger partial charge in [0, 0.05) is 11.9 Å². The first-order valence-electron chi connectivity index (χ1n) is 3.08. The number of aromatic nitrogens is 1. The summed E-state index contributed by atoms with van der Waals surface area (Å²) >= 11 is 0. The maximum Gasteiger partial charge on any atom is 0.135 e. The van der Waals surface area contributed by atoms with E-state index in [9.17, 15) is 0 Å². The fraction of sp³-hybridized carbons (Fsp3) is 0.286. The Morgan fingerprint density at radius 2 is 2.60 bits per heavy atom. The predicted molar refractivity (Wildman–Crippen MR) is 38.2 cm³/mol. The van der Waals surface area contributed by atoms with Crippen molar-refractivity contribution < 1.29 is 0 Å². The highest BCUT2D eigenvalue weighted by molar-refractivity contribution is 5.15. The first-order chi connectivity index (χ1) is 4.88. The van der Waals surface area contributed by atoms with Gasteiger partial charge in [0.1, 0.15) is 6.04 Å². The van der Waals surface area contributed by atoms with E-state index >= 15 is 0 Å². The molecule has 0 aliphatic carbocycles. The topological polar surface area (TPSA) is 51.6 Å². The van der Waals surface area contributed by atoms with E-state index in [1.807, 2.05) is 12.1 Å². The third kappa shape index (κ3) is 1.17. The standard InChI is InChI=1S/C7H9N3/c1-9-7(5-8)6-3-2-4-10-6/h2-4,7,9-10H,1H3. The molecule has 0 bridgehead atoms. The van der Waals surface area contributed by atoms with Crippen LogP contribution in [0.25, 0.3) is 0 Å². The number of rotatable bonds is 2. The molecule has 0 aliphatic rings. The molecular weight excluding hydrogens is 126 g/mol. The lowest BCUT2D eigenvalue weighted by Gasteiger charge is -2.02. The molecule has 1 atom stereocenters. The molecule has 0 spiro atoms. The summed E-state index contributed by atoms with van der Waals surface area (Å²) in [5.41, 5.74) is 0.907. The van der Waals surface area contributed by atoms with Crippen LogP contribution in [0.2, 0.25) is 0 Å². The van der Waals surface area contributed by atoms with Gasteiger partial charge in [0.05, 0.1) is 6.07 Å². The Bertz CT molecular complexity index is 219. The number of hydrogen-bond acceptors (Lipinski definition) is 2. The van der Waals surface area contributed by atoms with Gasteiger partial charge in [-0.1, -0.05) is 0 Å². The lowest BCUT2D eigenvalue weighted by molar-refractivity contribution is 0.709. The summed E-state index contributed by atoms with van der Waals surface area (Å²) in [4.78, 5) is 2.95. The van der Waals surface area contributed by atoms with Crippen LogP contribution in [0.5, 0.6) is 0 Å². The van der Waals surface area contributed by atoms with E-state index in [-0.39, 0.29) is 6.04 Å². The minimum absolute atomic E-state index is 0.213. The van der Waals surface area contributed by atoms with Crippen LogP contribution in [-0.2, 0) is 0 Å². The molecule has 1 aromatic rings. The minimum Gasteiger partial charge on any atom is -0.363 e. The monoisotopic (exact) mass is 135 g/mol. The first kappa shape index (κ1) is 6.84. The molecule has 1 unspecified atom stereocenters. The molecule has 0 fully saturated rings. The SMILES string of the molecule is CNC(C#N)c1ccc[nH]1. The van der Waals surface area contributed by atoms with Crippen molar-refractivity contribution in [3.8, 4) is 6.07 Å². The summed E-state index contributed by atoms with van der Waals surface area (Å²) in [6, 6.07) is 5.65. The Balaban J connectivity index is 2.76. The third-order valence-electron chi connectivity index (χ3n) is 1.35. The van der Waals surface area contributed by atoms with Gasteiger partial charge in [0.2, 0.25) is 0 Å². The molecule has 0 saturated carbocycles. The Hall–Kier alpha value is -1.27. The van der Waals surface area contributed by atoms with E-state index in [0.717, 1.165) is 5.69 Å². The van der Waals surface area contributed by atoms with Crippen LogP contribution in [0.3, 0.4) is 0 Å². The van der Waals surface area contributed by atoms with Gasteiger partial charge in [0.25, 0.3) is 0 Å². The van der Waals surface area contributed by atoms with E-state index in [1.165, 1.54) is 0 Å². The molecular formula is C7H9N3. The molecule has 1 aromatic heterocycles. The molecule has 10 heavy (non-hydrogen) atoms. The van der Waals surface area contributed by atoms with Crippen LogP contribution in [0.15, 0.2) is 18.3 Å². The van der Waals surface area contributed by atoms with Crippen molar-refractivity contribution in [3.05, 3.63) is 24.0 Å². The zero-order valence-corrected chi connectivity index (χ0v) is 5.76. The fourth-order valence-electron chi connectivity index (χ4n) is 0.813. The first-order valence-corrected chi connectivity index (χ1v) is 3.08. The Labute approximate surface area is 59.7 Å². The van der Waals surface area contributed by atoms with Crippen molar-refractivity contribution in [2.75, 3.05) is 7.05 Å². The maximum absolute atomic E-state index is 8.57. The normalized spacial score (nSPS) is 12.4. The lowest BCUT2D eigenvalue weighted by Crippen LogP contribution is -2.14. The third-order valence-corrected chi connectivity index (χ3v) is 1.35. The van der Waals surface area contributed by atoms with Crippen LogP contribution in [0.4, 0.5) is 0 Å². The molecule has 2 N–H and O–H groups in total. The van der Waals surface area contributed by atoms with Gasteiger partial charge in [-0.05, 0) is 19.2 Å². The van der Waals surface area contributed by atoms with Gasteiger partial charge < -0.3 is 10.3 Å². The molecule has 3 nitrogen and oxygen atoms in total. The number of nitrogens with one attached hydrogen (secondary N) is 2. The molecule has 3 heteroatoms.